The van der Waals surface area contributed by atoms with Crippen LogP contribution < -0.4 is 10.5 Å². The highest BCUT2D eigenvalue weighted by Gasteiger charge is 2.19. The number of ether oxygens (including phenoxy) is 2. The Bertz CT molecular complexity index is 359. The number of methoxy groups -OCH3 is 1. The molecule has 1 aromatic carbocycles. The summed E-state index contributed by atoms with van der Waals surface area (Å²) in [6.45, 7) is -0.122. The lowest BCUT2D eigenvalue weighted by Gasteiger charge is -2.13. The largest absolute Gasteiger partial charge is 0.497 e. The van der Waals surface area contributed by atoms with Crippen LogP contribution in [0.1, 0.15) is 12.0 Å². The molecule has 108 valence electrons. The lowest BCUT2D eigenvalue weighted by atomic mass is 10.0. The van der Waals surface area contributed by atoms with E-state index in [1.807, 2.05) is 24.3 Å². The van der Waals surface area contributed by atoms with E-state index in [2.05, 4.69) is 4.74 Å². The monoisotopic (exact) mass is 277 g/mol. The van der Waals surface area contributed by atoms with Crippen molar-refractivity contribution >= 4 is 0 Å². The fourth-order valence-electron chi connectivity index (χ4n) is 1.57. The summed E-state index contributed by atoms with van der Waals surface area (Å²) in [7, 11) is 1.58. The number of nitrogens with two attached hydrogens (primary N) is 1. The molecule has 0 spiro atoms. The number of halogens is 3. The summed E-state index contributed by atoms with van der Waals surface area (Å²) in [5.74, 6) is 0.748. The summed E-state index contributed by atoms with van der Waals surface area (Å²) >= 11 is 0. The van der Waals surface area contributed by atoms with Gasteiger partial charge in [-0.2, -0.15) is 0 Å². The molecule has 0 aliphatic carbocycles. The van der Waals surface area contributed by atoms with E-state index < -0.39 is 12.8 Å². The molecule has 0 aliphatic heterocycles. The second-order valence-electron chi connectivity index (χ2n) is 4.16. The summed E-state index contributed by atoms with van der Waals surface area (Å²) in [5.41, 5.74) is 6.82. The molecule has 0 aromatic heterocycles. The van der Waals surface area contributed by atoms with Crippen LogP contribution in [0.5, 0.6) is 5.75 Å². The third kappa shape index (κ3) is 5.94. The molecular formula is C13H18F3NO2. The standard InChI is InChI=1S/C13H18F3NO2/c1-18-11-4-2-9(3-5-11)8-10(17)6-7-19-13(16)12(14)15/h2-5,10,12-13H,6-8,17H2,1H3. The lowest BCUT2D eigenvalue weighted by molar-refractivity contribution is -0.129. The zero-order valence-corrected chi connectivity index (χ0v) is 10.7. The fraction of sp³-hybridized carbons (Fsp3) is 0.538. The van der Waals surface area contributed by atoms with Crippen molar-refractivity contribution in [3.63, 3.8) is 0 Å². The zero-order chi connectivity index (χ0) is 14.3. The van der Waals surface area contributed by atoms with Gasteiger partial charge >= 0.3 is 0 Å². The Morgan fingerprint density at radius 3 is 2.32 bits per heavy atom. The van der Waals surface area contributed by atoms with Crippen LogP contribution in [0.2, 0.25) is 0 Å². The molecule has 2 N–H and O–H groups in total. The van der Waals surface area contributed by atoms with Crippen molar-refractivity contribution < 1.29 is 22.6 Å². The maximum atomic E-state index is 12.5. The molecule has 3 nitrogen and oxygen atoms in total. The molecule has 1 rings (SSSR count). The van der Waals surface area contributed by atoms with Crippen molar-refractivity contribution in [3.8, 4) is 5.75 Å². The molecule has 0 saturated carbocycles. The number of hydrogen-bond donors (Lipinski definition) is 1. The van der Waals surface area contributed by atoms with Crippen LogP contribution in [-0.2, 0) is 11.2 Å². The third-order valence-corrected chi connectivity index (χ3v) is 2.62. The molecule has 6 heteroatoms. The Labute approximate surface area is 110 Å². The molecule has 2 unspecified atom stereocenters. The minimum atomic E-state index is -3.11. The number of benzene rings is 1. The van der Waals surface area contributed by atoms with Gasteiger partial charge < -0.3 is 15.2 Å². The van der Waals surface area contributed by atoms with Crippen molar-refractivity contribution in [2.24, 2.45) is 5.73 Å². The van der Waals surface area contributed by atoms with Crippen LogP contribution in [0.15, 0.2) is 24.3 Å². The normalized spacial score (nSPS) is 14.4. The number of rotatable bonds is 8. The zero-order valence-electron chi connectivity index (χ0n) is 10.7. The Kier molecular flexibility index (Phi) is 6.66. The third-order valence-electron chi connectivity index (χ3n) is 2.62. The fourth-order valence-corrected chi connectivity index (χ4v) is 1.57. The van der Waals surface area contributed by atoms with Crippen molar-refractivity contribution in [1.29, 1.82) is 0 Å². The highest BCUT2D eigenvalue weighted by molar-refractivity contribution is 5.27. The first-order chi connectivity index (χ1) is 9.02. The Morgan fingerprint density at radius 1 is 1.16 bits per heavy atom. The van der Waals surface area contributed by atoms with Gasteiger partial charge in [0, 0.05) is 6.04 Å². The molecular weight excluding hydrogens is 259 g/mol. The van der Waals surface area contributed by atoms with Gasteiger partial charge in [0.2, 0.25) is 0 Å². The molecule has 0 aliphatic rings. The number of alkyl halides is 3. The van der Waals surface area contributed by atoms with E-state index >= 15 is 0 Å². The van der Waals surface area contributed by atoms with Gasteiger partial charge in [0.15, 0.2) is 0 Å². The molecule has 0 bridgehead atoms. The predicted molar refractivity (Wildman–Crippen MR) is 66.1 cm³/mol. The van der Waals surface area contributed by atoms with Gasteiger partial charge in [-0.15, -0.1) is 0 Å². The van der Waals surface area contributed by atoms with Crippen molar-refractivity contribution in [2.45, 2.75) is 31.7 Å². The average Bonchev–Trinajstić information content (AvgIpc) is 2.39. The number of hydrogen-bond acceptors (Lipinski definition) is 3. The smallest absolute Gasteiger partial charge is 0.293 e. The Hall–Kier alpha value is -1.27. The van der Waals surface area contributed by atoms with Crippen molar-refractivity contribution in [2.75, 3.05) is 13.7 Å². The molecule has 0 saturated heterocycles. The highest BCUT2D eigenvalue weighted by Crippen LogP contribution is 2.13. The van der Waals surface area contributed by atoms with Gasteiger partial charge in [-0.05, 0) is 30.5 Å². The summed E-state index contributed by atoms with van der Waals surface area (Å²) in [5, 5.41) is 0. The summed E-state index contributed by atoms with van der Waals surface area (Å²) in [4.78, 5) is 0. The van der Waals surface area contributed by atoms with Crippen molar-refractivity contribution in [3.05, 3.63) is 29.8 Å². The predicted octanol–water partition coefficient (Wildman–Crippen LogP) is 2.53. The van der Waals surface area contributed by atoms with Crippen molar-refractivity contribution in [1.82, 2.24) is 0 Å². The van der Waals surface area contributed by atoms with Gasteiger partial charge in [0.05, 0.1) is 13.7 Å². The highest BCUT2D eigenvalue weighted by atomic mass is 19.3. The Morgan fingerprint density at radius 2 is 1.79 bits per heavy atom. The molecule has 0 heterocycles. The molecule has 19 heavy (non-hydrogen) atoms. The first-order valence-corrected chi connectivity index (χ1v) is 5.95. The summed E-state index contributed by atoms with van der Waals surface area (Å²) < 4.78 is 45.5. The van der Waals surface area contributed by atoms with Gasteiger partial charge in [0.1, 0.15) is 5.75 Å². The van der Waals surface area contributed by atoms with Crippen LogP contribution in [0, 0.1) is 0 Å². The molecule has 0 fully saturated rings. The van der Waals surface area contributed by atoms with Crippen LogP contribution >= 0.6 is 0 Å². The Balaban J connectivity index is 2.28. The van der Waals surface area contributed by atoms with E-state index in [1.165, 1.54) is 0 Å². The van der Waals surface area contributed by atoms with Gasteiger partial charge in [-0.3, -0.25) is 0 Å². The van der Waals surface area contributed by atoms with Crippen LogP contribution in [-0.4, -0.2) is 32.5 Å². The summed E-state index contributed by atoms with van der Waals surface area (Å²) in [6.07, 6.45) is -4.76. The SMILES string of the molecule is COc1ccc(CC(N)CCOC(F)C(F)F)cc1. The minimum absolute atomic E-state index is 0.122. The minimum Gasteiger partial charge on any atom is -0.497 e. The summed E-state index contributed by atoms with van der Waals surface area (Å²) in [6, 6.07) is 7.10. The average molecular weight is 277 g/mol. The van der Waals surface area contributed by atoms with E-state index in [-0.39, 0.29) is 12.6 Å². The molecule has 0 radical (unpaired) electrons. The van der Waals surface area contributed by atoms with Crippen LogP contribution in [0.4, 0.5) is 13.2 Å². The first kappa shape index (κ1) is 15.8. The molecule has 2 atom stereocenters. The second kappa shape index (κ2) is 8.01. The van der Waals surface area contributed by atoms with Gasteiger partial charge in [0.25, 0.3) is 12.8 Å². The molecule has 1 aromatic rings. The van der Waals surface area contributed by atoms with Gasteiger partial charge in [-0.25, -0.2) is 13.2 Å². The van der Waals surface area contributed by atoms with E-state index in [1.54, 1.807) is 7.11 Å². The maximum absolute atomic E-state index is 12.5. The van der Waals surface area contributed by atoms with E-state index in [0.29, 0.717) is 12.8 Å². The van der Waals surface area contributed by atoms with E-state index in [0.717, 1.165) is 11.3 Å². The maximum Gasteiger partial charge on any atom is 0.293 e. The first-order valence-electron chi connectivity index (χ1n) is 5.95. The topological polar surface area (TPSA) is 44.5 Å². The van der Waals surface area contributed by atoms with Gasteiger partial charge in [-0.1, -0.05) is 12.1 Å². The van der Waals surface area contributed by atoms with E-state index in [9.17, 15) is 13.2 Å². The second-order valence-corrected chi connectivity index (χ2v) is 4.16. The van der Waals surface area contributed by atoms with Crippen LogP contribution in [0.3, 0.4) is 0 Å². The lowest BCUT2D eigenvalue weighted by Crippen LogP contribution is -2.26. The van der Waals surface area contributed by atoms with Crippen LogP contribution in [0.25, 0.3) is 0 Å². The quantitative estimate of drug-likeness (QED) is 0.794. The van der Waals surface area contributed by atoms with E-state index in [4.69, 9.17) is 10.5 Å². The molecule has 0 amide bonds.